The molecule has 0 spiro atoms. The standard InChI is InChI=1S/C27H19BrN2O4S2/c28-16-10-12-17(13-11-16)30-25(31)21-20(22-24(29-27(33)36-22)35-23(21)26(30)32)18-8-4-5-9-19(18)34-14-15-6-2-1-3-7-15/h1-13,20-21,23H,14H2,(H,29,33)/t20-,21?,23?/m1/s1. The van der Waals surface area contributed by atoms with E-state index in [1.54, 1.807) is 12.1 Å². The number of thioether (sulfide) groups is 1. The third-order valence-electron chi connectivity index (χ3n) is 6.40. The number of anilines is 1. The normalized spacial score (nSPS) is 20.8. The zero-order valence-corrected chi connectivity index (χ0v) is 21.9. The Morgan fingerprint density at radius 3 is 2.39 bits per heavy atom. The molecule has 2 aliphatic rings. The number of hydrogen-bond donors (Lipinski definition) is 1. The molecule has 2 unspecified atom stereocenters. The minimum atomic E-state index is -0.661. The predicted octanol–water partition coefficient (Wildman–Crippen LogP) is 5.57. The molecule has 36 heavy (non-hydrogen) atoms. The molecule has 1 fully saturated rings. The number of carbonyl (C=O) groups excluding carboxylic acids is 2. The first-order valence-corrected chi connectivity index (χ1v) is 13.8. The first kappa shape index (κ1) is 23.3. The number of aromatic nitrogens is 1. The monoisotopic (exact) mass is 578 g/mol. The summed E-state index contributed by atoms with van der Waals surface area (Å²) in [4.78, 5) is 44.5. The number of para-hydroxylation sites is 1. The van der Waals surface area contributed by atoms with Gasteiger partial charge in [-0.25, -0.2) is 4.90 Å². The van der Waals surface area contributed by atoms with Gasteiger partial charge >= 0.3 is 4.87 Å². The van der Waals surface area contributed by atoms with Crippen molar-refractivity contribution in [3.63, 3.8) is 0 Å². The first-order valence-electron chi connectivity index (χ1n) is 11.3. The number of benzene rings is 3. The summed E-state index contributed by atoms with van der Waals surface area (Å²) in [5.74, 6) is -1.06. The van der Waals surface area contributed by atoms with Crippen molar-refractivity contribution in [2.75, 3.05) is 4.90 Å². The van der Waals surface area contributed by atoms with Gasteiger partial charge in [0, 0.05) is 20.8 Å². The molecule has 0 saturated carbocycles. The van der Waals surface area contributed by atoms with Crippen LogP contribution in [0.15, 0.2) is 93.2 Å². The number of H-pyrrole nitrogens is 1. The largest absolute Gasteiger partial charge is 0.489 e. The van der Waals surface area contributed by atoms with Gasteiger partial charge in [0.15, 0.2) is 0 Å². The Balaban J connectivity index is 1.43. The van der Waals surface area contributed by atoms with E-state index in [0.717, 1.165) is 31.8 Å². The Labute approximate surface area is 223 Å². The number of carbonyl (C=O) groups is 2. The minimum Gasteiger partial charge on any atom is -0.489 e. The van der Waals surface area contributed by atoms with Gasteiger partial charge in [-0.2, -0.15) is 0 Å². The fourth-order valence-corrected chi connectivity index (χ4v) is 7.57. The van der Waals surface area contributed by atoms with E-state index in [0.29, 0.717) is 23.1 Å². The molecule has 2 aliphatic heterocycles. The number of halogens is 1. The Hall–Kier alpha value is -3.14. The third kappa shape index (κ3) is 4.01. The number of nitrogens with one attached hydrogen (secondary N) is 1. The third-order valence-corrected chi connectivity index (χ3v) is 9.33. The van der Waals surface area contributed by atoms with Crippen molar-refractivity contribution in [1.29, 1.82) is 0 Å². The van der Waals surface area contributed by atoms with E-state index >= 15 is 0 Å². The summed E-state index contributed by atoms with van der Waals surface area (Å²) < 4.78 is 7.09. The Kier molecular flexibility index (Phi) is 6.07. The highest BCUT2D eigenvalue weighted by molar-refractivity contribution is 9.10. The predicted molar refractivity (Wildman–Crippen MR) is 144 cm³/mol. The molecule has 3 aromatic carbocycles. The number of fused-ring (bicyclic) bond motifs is 2. The van der Waals surface area contributed by atoms with Gasteiger partial charge in [-0.3, -0.25) is 14.4 Å². The van der Waals surface area contributed by atoms with Crippen molar-refractivity contribution < 1.29 is 14.3 Å². The molecule has 6 rings (SSSR count). The second-order valence-corrected chi connectivity index (χ2v) is 11.6. The number of imide groups is 1. The maximum atomic E-state index is 13.9. The van der Waals surface area contributed by atoms with Gasteiger partial charge < -0.3 is 9.72 Å². The average Bonchev–Trinajstić information content (AvgIpc) is 3.38. The van der Waals surface area contributed by atoms with Crippen LogP contribution in [0, 0.1) is 5.92 Å². The van der Waals surface area contributed by atoms with Crippen molar-refractivity contribution in [3.05, 3.63) is 109 Å². The van der Waals surface area contributed by atoms with E-state index in [1.165, 1.54) is 16.7 Å². The summed E-state index contributed by atoms with van der Waals surface area (Å²) in [6.45, 7) is 0.363. The Morgan fingerprint density at radius 1 is 0.889 bits per heavy atom. The van der Waals surface area contributed by atoms with E-state index in [9.17, 15) is 14.4 Å². The summed E-state index contributed by atoms with van der Waals surface area (Å²) in [5.41, 5.74) is 2.34. The van der Waals surface area contributed by atoms with Crippen molar-refractivity contribution >= 4 is 56.5 Å². The van der Waals surface area contributed by atoms with Crippen LogP contribution in [0.25, 0.3) is 0 Å². The molecular formula is C27H19BrN2O4S2. The lowest BCUT2D eigenvalue weighted by Gasteiger charge is -2.30. The number of rotatable bonds is 5. The molecule has 4 aromatic rings. The van der Waals surface area contributed by atoms with Crippen LogP contribution in [0.3, 0.4) is 0 Å². The molecule has 1 aromatic heterocycles. The molecule has 2 amide bonds. The highest BCUT2D eigenvalue weighted by Crippen LogP contribution is 2.54. The summed E-state index contributed by atoms with van der Waals surface area (Å²) in [5, 5.41) is -0.000931. The van der Waals surface area contributed by atoms with E-state index in [-0.39, 0.29) is 16.7 Å². The second-order valence-electron chi connectivity index (χ2n) is 8.55. The summed E-state index contributed by atoms with van der Waals surface area (Å²) in [7, 11) is 0. The van der Waals surface area contributed by atoms with Crippen molar-refractivity contribution in [1.82, 2.24) is 4.98 Å². The molecule has 0 aliphatic carbocycles. The number of amides is 2. The van der Waals surface area contributed by atoms with Gasteiger partial charge in [0.2, 0.25) is 11.8 Å². The molecule has 1 N–H and O–H groups in total. The lowest BCUT2D eigenvalue weighted by molar-refractivity contribution is -0.122. The van der Waals surface area contributed by atoms with Gasteiger partial charge in [-0.15, -0.1) is 0 Å². The van der Waals surface area contributed by atoms with Crippen molar-refractivity contribution in [2.24, 2.45) is 5.92 Å². The highest BCUT2D eigenvalue weighted by atomic mass is 79.9. The average molecular weight is 579 g/mol. The lowest BCUT2D eigenvalue weighted by Crippen LogP contribution is -2.32. The molecule has 0 radical (unpaired) electrons. The van der Waals surface area contributed by atoms with Crippen LogP contribution in [-0.4, -0.2) is 22.0 Å². The fraction of sp³-hybridized carbons (Fsp3) is 0.148. The van der Waals surface area contributed by atoms with Crippen LogP contribution < -0.4 is 14.5 Å². The van der Waals surface area contributed by atoms with Crippen LogP contribution >= 0.6 is 39.0 Å². The molecule has 0 bridgehead atoms. The first-order chi connectivity index (χ1) is 17.5. The van der Waals surface area contributed by atoms with Crippen LogP contribution in [0.2, 0.25) is 0 Å². The van der Waals surface area contributed by atoms with Gasteiger partial charge in [-0.1, -0.05) is 87.6 Å². The second kappa shape index (κ2) is 9.38. The molecule has 1 saturated heterocycles. The molecule has 3 atom stereocenters. The molecular weight excluding hydrogens is 560 g/mol. The van der Waals surface area contributed by atoms with Gasteiger partial charge in [-0.05, 0) is 35.9 Å². The number of ether oxygens (including phenoxy) is 1. The van der Waals surface area contributed by atoms with Crippen molar-refractivity contribution in [3.8, 4) is 5.75 Å². The molecule has 180 valence electrons. The molecule has 3 heterocycles. The number of nitrogens with zero attached hydrogens (tertiary/aromatic N) is 1. The van der Waals surface area contributed by atoms with E-state index < -0.39 is 17.1 Å². The van der Waals surface area contributed by atoms with E-state index in [2.05, 4.69) is 20.9 Å². The topological polar surface area (TPSA) is 79.5 Å². The van der Waals surface area contributed by atoms with Crippen LogP contribution in [0.4, 0.5) is 5.69 Å². The van der Waals surface area contributed by atoms with Crippen LogP contribution in [0.1, 0.15) is 21.9 Å². The van der Waals surface area contributed by atoms with E-state index in [4.69, 9.17) is 4.74 Å². The van der Waals surface area contributed by atoms with Crippen LogP contribution in [0.5, 0.6) is 5.75 Å². The Bertz CT molecular complexity index is 1520. The van der Waals surface area contributed by atoms with Gasteiger partial charge in [0.05, 0.1) is 16.6 Å². The zero-order chi connectivity index (χ0) is 24.8. The lowest BCUT2D eigenvalue weighted by atomic mass is 9.82. The Morgan fingerprint density at radius 2 is 1.61 bits per heavy atom. The number of thiazole rings is 1. The number of hydrogen-bond acceptors (Lipinski definition) is 6. The SMILES string of the molecule is O=C1C2Sc3[nH]c(=O)sc3[C@H](c3ccccc3OCc3ccccc3)C2C(=O)N1c1ccc(Br)cc1. The van der Waals surface area contributed by atoms with Gasteiger partial charge in [0.25, 0.3) is 0 Å². The van der Waals surface area contributed by atoms with Crippen molar-refractivity contribution in [2.45, 2.75) is 22.8 Å². The minimum absolute atomic E-state index is 0.204. The molecule has 9 heteroatoms. The van der Waals surface area contributed by atoms with E-state index in [1.807, 2.05) is 66.7 Å². The quantitative estimate of drug-likeness (QED) is 0.313. The number of aromatic amines is 1. The summed E-state index contributed by atoms with van der Waals surface area (Å²) in [6, 6.07) is 24.5. The maximum absolute atomic E-state index is 13.9. The zero-order valence-electron chi connectivity index (χ0n) is 18.7. The molecule has 6 nitrogen and oxygen atoms in total. The maximum Gasteiger partial charge on any atom is 0.305 e. The van der Waals surface area contributed by atoms with Gasteiger partial charge in [0.1, 0.15) is 17.6 Å². The van der Waals surface area contributed by atoms with Crippen LogP contribution in [-0.2, 0) is 16.2 Å². The fourth-order valence-electron chi connectivity index (χ4n) is 4.80. The smallest absolute Gasteiger partial charge is 0.305 e. The summed E-state index contributed by atoms with van der Waals surface area (Å²) >= 11 is 5.77. The highest BCUT2D eigenvalue weighted by Gasteiger charge is 2.56. The summed E-state index contributed by atoms with van der Waals surface area (Å²) in [6.07, 6.45) is 0.